The number of anilines is 1. The van der Waals surface area contributed by atoms with Crippen LogP contribution in [0.3, 0.4) is 0 Å². The summed E-state index contributed by atoms with van der Waals surface area (Å²) in [5, 5.41) is 0. The molecule has 0 amide bonds. The Balaban J connectivity index is 2.31. The second kappa shape index (κ2) is 6.29. The molecule has 2 aromatic rings. The molecule has 0 saturated carbocycles. The standard InChI is InChI=1S/C15H16FNO4S2/c1-3-22(18,19)14-7-5-13(6-8-14)17-23(20,21)15-9-4-12(16)10-11(15)2/h4-10,17H,3H2,1-2H3. The van der Waals surface area contributed by atoms with Crippen molar-refractivity contribution in [2.24, 2.45) is 0 Å². The van der Waals surface area contributed by atoms with Crippen molar-refractivity contribution in [3.63, 3.8) is 0 Å². The molecule has 2 aromatic carbocycles. The summed E-state index contributed by atoms with van der Waals surface area (Å²) in [4.78, 5) is 0.0880. The van der Waals surface area contributed by atoms with E-state index >= 15 is 0 Å². The summed E-state index contributed by atoms with van der Waals surface area (Å²) in [6.07, 6.45) is 0. The van der Waals surface area contributed by atoms with Gasteiger partial charge in [-0.3, -0.25) is 4.72 Å². The fourth-order valence-electron chi connectivity index (χ4n) is 2.02. The van der Waals surface area contributed by atoms with E-state index in [9.17, 15) is 21.2 Å². The van der Waals surface area contributed by atoms with Gasteiger partial charge in [-0.15, -0.1) is 0 Å². The minimum atomic E-state index is -3.88. The molecular weight excluding hydrogens is 341 g/mol. The predicted octanol–water partition coefficient (Wildman–Crippen LogP) is 2.73. The molecule has 0 aliphatic heterocycles. The molecule has 23 heavy (non-hydrogen) atoms. The molecule has 0 aliphatic rings. The van der Waals surface area contributed by atoms with Crippen LogP contribution in [0.4, 0.5) is 10.1 Å². The van der Waals surface area contributed by atoms with Crippen LogP contribution in [0.15, 0.2) is 52.3 Å². The van der Waals surface area contributed by atoms with Gasteiger partial charge < -0.3 is 0 Å². The van der Waals surface area contributed by atoms with Crippen molar-refractivity contribution in [1.29, 1.82) is 0 Å². The third-order valence-electron chi connectivity index (χ3n) is 3.27. The van der Waals surface area contributed by atoms with Gasteiger partial charge in [-0.05, 0) is 55.0 Å². The number of sulfone groups is 1. The SMILES string of the molecule is CCS(=O)(=O)c1ccc(NS(=O)(=O)c2ccc(F)cc2C)cc1. The number of rotatable bonds is 5. The van der Waals surface area contributed by atoms with Crippen LogP contribution in [-0.2, 0) is 19.9 Å². The second-order valence-corrected chi connectivity index (χ2v) is 8.87. The van der Waals surface area contributed by atoms with Crippen LogP contribution in [-0.4, -0.2) is 22.6 Å². The lowest BCUT2D eigenvalue weighted by Gasteiger charge is -2.11. The highest BCUT2D eigenvalue weighted by molar-refractivity contribution is 7.92. The zero-order chi connectivity index (χ0) is 17.3. The first-order valence-electron chi connectivity index (χ1n) is 6.77. The molecule has 0 saturated heterocycles. The van der Waals surface area contributed by atoms with Crippen LogP contribution in [0, 0.1) is 12.7 Å². The van der Waals surface area contributed by atoms with Gasteiger partial charge in [0, 0.05) is 5.69 Å². The average Bonchev–Trinajstić information content (AvgIpc) is 2.47. The van der Waals surface area contributed by atoms with E-state index in [4.69, 9.17) is 0 Å². The molecule has 0 atom stereocenters. The first-order chi connectivity index (χ1) is 10.7. The Morgan fingerprint density at radius 2 is 1.61 bits per heavy atom. The molecule has 0 aliphatic carbocycles. The molecule has 2 rings (SSSR count). The quantitative estimate of drug-likeness (QED) is 0.892. The lowest BCUT2D eigenvalue weighted by molar-refractivity contribution is 0.596. The van der Waals surface area contributed by atoms with Gasteiger partial charge in [-0.25, -0.2) is 21.2 Å². The number of halogens is 1. The highest BCUT2D eigenvalue weighted by Gasteiger charge is 2.18. The van der Waals surface area contributed by atoms with Crippen LogP contribution >= 0.6 is 0 Å². The summed E-state index contributed by atoms with van der Waals surface area (Å²) in [7, 11) is -7.22. The Labute approximate surface area is 135 Å². The number of nitrogens with one attached hydrogen (secondary N) is 1. The second-order valence-electron chi connectivity index (χ2n) is 4.94. The summed E-state index contributed by atoms with van der Waals surface area (Å²) in [5.74, 6) is -0.553. The number of hydrogen-bond acceptors (Lipinski definition) is 4. The fraction of sp³-hybridized carbons (Fsp3) is 0.200. The maximum absolute atomic E-state index is 13.1. The van der Waals surface area contributed by atoms with Gasteiger partial charge in [0.05, 0.1) is 15.5 Å². The number of hydrogen-bond donors (Lipinski definition) is 1. The van der Waals surface area contributed by atoms with Crippen LogP contribution < -0.4 is 4.72 Å². The molecular formula is C15H16FNO4S2. The van der Waals surface area contributed by atoms with E-state index < -0.39 is 25.7 Å². The van der Waals surface area contributed by atoms with Crippen molar-refractivity contribution in [2.45, 2.75) is 23.6 Å². The van der Waals surface area contributed by atoms with Crippen molar-refractivity contribution in [3.8, 4) is 0 Å². The first kappa shape index (κ1) is 17.4. The Hall–Kier alpha value is -1.93. The smallest absolute Gasteiger partial charge is 0.262 e. The van der Waals surface area contributed by atoms with Crippen LogP contribution in [0.5, 0.6) is 0 Å². The van der Waals surface area contributed by atoms with E-state index in [1.165, 1.54) is 44.2 Å². The number of sulfonamides is 1. The molecule has 0 heterocycles. The van der Waals surface area contributed by atoms with Crippen LogP contribution in [0.25, 0.3) is 0 Å². The van der Waals surface area contributed by atoms with Gasteiger partial charge in [0.1, 0.15) is 5.82 Å². The topological polar surface area (TPSA) is 80.3 Å². The Bertz CT molecular complexity index is 920. The van der Waals surface area contributed by atoms with Crippen molar-refractivity contribution in [2.75, 3.05) is 10.5 Å². The van der Waals surface area contributed by atoms with Gasteiger partial charge in [0.25, 0.3) is 10.0 Å². The minimum absolute atomic E-state index is 0.0349. The van der Waals surface area contributed by atoms with Gasteiger partial charge in [0.2, 0.25) is 0 Å². The third kappa shape index (κ3) is 3.89. The molecule has 8 heteroatoms. The average molecular weight is 357 g/mol. The lowest BCUT2D eigenvalue weighted by Crippen LogP contribution is -2.14. The molecule has 124 valence electrons. The zero-order valence-corrected chi connectivity index (χ0v) is 14.2. The predicted molar refractivity (Wildman–Crippen MR) is 86.1 cm³/mol. The summed E-state index contributed by atoms with van der Waals surface area (Å²) in [6, 6.07) is 8.81. The van der Waals surface area contributed by atoms with Crippen LogP contribution in [0.1, 0.15) is 12.5 Å². The normalized spacial score (nSPS) is 12.1. The highest BCUT2D eigenvalue weighted by atomic mass is 32.2. The Morgan fingerprint density at radius 3 is 2.13 bits per heavy atom. The summed E-state index contributed by atoms with van der Waals surface area (Å²) < 4.78 is 63.5. The van der Waals surface area contributed by atoms with Gasteiger partial charge in [0.15, 0.2) is 9.84 Å². The fourth-order valence-corrected chi connectivity index (χ4v) is 4.19. The molecule has 0 radical (unpaired) electrons. The largest absolute Gasteiger partial charge is 0.280 e. The summed E-state index contributed by atoms with van der Waals surface area (Å²) in [6.45, 7) is 3.03. The molecule has 5 nitrogen and oxygen atoms in total. The number of aryl methyl sites for hydroxylation is 1. The van der Waals surface area contributed by atoms with E-state index in [2.05, 4.69) is 4.72 Å². The van der Waals surface area contributed by atoms with Gasteiger partial charge >= 0.3 is 0 Å². The zero-order valence-electron chi connectivity index (χ0n) is 12.6. The molecule has 0 unspecified atom stereocenters. The van der Waals surface area contributed by atoms with Crippen molar-refractivity contribution in [3.05, 3.63) is 53.8 Å². The molecule has 0 aromatic heterocycles. The van der Waals surface area contributed by atoms with E-state index in [1.54, 1.807) is 0 Å². The maximum Gasteiger partial charge on any atom is 0.262 e. The molecule has 0 bridgehead atoms. The van der Waals surface area contributed by atoms with Crippen molar-refractivity contribution < 1.29 is 21.2 Å². The Kier molecular flexibility index (Phi) is 4.76. The van der Waals surface area contributed by atoms with Crippen LogP contribution in [0.2, 0.25) is 0 Å². The molecule has 0 spiro atoms. The number of benzene rings is 2. The third-order valence-corrected chi connectivity index (χ3v) is 6.56. The summed E-state index contributed by atoms with van der Waals surface area (Å²) >= 11 is 0. The first-order valence-corrected chi connectivity index (χ1v) is 9.91. The monoisotopic (exact) mass is 357 g/mol. The van der Waals surface area contributed by atoms with E-state index in [0.717, 1.165) is 12.1 Å². The lowest BCUT2D eigenvalue weighted by atomic mass is 10.2. The molecule has 1 N–H and O–H groups in total. The maximum atomic E-state index is 13.1. The minimum Gasteiger partial charge on any atom is -0.280 e. The summed E-state index contributed by atoms with van der Waals surface area (Å²) in [5.41, 5.74) is 0.506. The highest BCUT2D eigenvalue weighted by Crippen LogP contribution is 2.21. The van der Waals surface area contributed by atoms with Gasteiger partial charge in [-0.1, -0.05) is 6.92 Å². The molecule has 0 fully saturated rings. The van der Waals surface area contributed by atoms with Crippen molar-refractivity contribution >= 4 is 25.5 Å². The van der Waals surface area contributed by atoms with E-state index in [-0.39, 0.29) is 26.8 Å². The van der Waals surface area contributed by atoms with E-state index in [1.807, 2.05) is 0 Å². The van der Waals surface area contributed by atoms with Crippen molar-refractivity contribution in [1.82, 2.24) is 0 Å². The Morgan fingerprint density at radius 1 is 1.00 bits per heavy atom. The van der Waals surface area contributed by atoms with Gasteiger partial charge in [-0.2, -0.15) is 0 Å². The van der Waals surface area contributed by atoms with E-state index in [0.29, 0.717) is 0 Å².